The Labute approximate surface area is 107 Å². The fourth-order valence-electron chi connectivity index (χ4n) is 2.06. The van der Waals surface area contributed by atoms with Crippen molar-refractivity contribution < 1.29 is 4.74 Å². The number of hydrogen-bond donors (Lipinski definition) is 1. The molecule has 0 bridgehead atoms. The van der Waals surface area contributed by atoms with Gasteiger partial charge < -0.3 is 10.1 Å². The van der Waals surface area contributed by atoms with E-state index in [4.69, 9.17) is 4.74 Å². The van der Waals surface area contributed by atoms with Crippen LogP contribution >= 0.6 is 11.3 Å². The van der Waals surface area contributed by atoms with Gasteiger partial charge in [-0.15, -0.1) is 21.5 Å². The number of hydrogen-bond acceptors (Lipinski definition) is 5. The van der Waals surface area contributed by atoms with Gasteiger partial charge in [0.2, 0.25) is 0 Å². The van der Waals surface area contributed by atoms with Crippen LogP contribution in [0.2, 0.25) is 0 Å². The Morgan fingerprint density at radius 3 is 2.88 bits per heavy atom. The first kappa shape index (κ1) is 12.9. The van der Waals surface area contributed by atoms with Gasteiger partial charge in [-0.25, -0.2) is 0 Å². The maximum Gasteiger partial charge on any atom is 0.117 e. The van der Waals surface area contributed by atoms with Crippen LogP contribution in [0.4, 0.5) is 0 Å². The molecule has 5 heteroatoms. The maximum absolute atomic E-state index is 5.61. The molecule has 2 rings (SSSR count). The van der Waals surface area contributed by atoms with Crippen LogP contribution in [0.1, 0.15) is 35.7 Å². The summed E-state index contributed by atoms with van der Waals surface area (Å²) in [6.45, 7) is 1.99. The van der Waals surface area contributed by atoms with Gasteiger partial charge in [-0.1, -0.05) is 0 Å². The van der Waals surface area contributed by atoms with E-state index >= 15 is 0 Å². The smallest absolute Gasteiger partial charge is 0.117 e. The van der Waals surface area contributed by atoms with Crippen molar-refractivity contribution in [2.75, 3.05) is 20.2 Å². The number of aromatic nitrogens is 2. The van der Waals surface area contributed by atoms with Gasteiger partial charge in [-0.05, 0) is 39.3 Å². The van der Waals surface area contributed by atoms with Crippen LogP contribution in [-0.2, 0) is 17.6 Å². The van der Waals surface area contributed by atoms with E-state index in [1.165, 1.54) is 22.9 Å². The minimum atomic E-state index is 0.464. The fraction of sp³-hybridized carbons (Fsp3) is 0.833. The van der Waals surface area contributed by atoms with Gasteiger partial charge in [-0.2, -0.15) is 0 Å². The summed E-state index contributed by atoms with van der Waals surface area (Å²) in [5.74, 6) is 0. The van der Waals surface area contributed by atoms with E-state index in [9.17, 15) is 0 Å². The monoisotopic (exact) mass is 255 g/mol. The molecule has 1 fully saturated rings. The molecule has 0 saturated carbocycles. The second-order valence-corrected chi connectivity index (χ2v) is 5.62. The van der Waals surface area contributed by atoms with Crippen LogP contribution in [0.15, 0.2) is 0 Å². The molecule has 0 amide bonds. The summed E-state index contributed by atoms with van der Waals surface area (Å²) < 4.78 is 5.61. The Kier molecular flexibility index (Phi) is 5.35. The molecule has 1 aliphatic rings. The van der Waals surface area contributed by atoms with Gasteiger partial charge in [0.15, 0.2) is 0 Å². The summed E-state index contributed by atoms with van der Waals surface area (Å²) in [7, 11) is 1.98. The highest BCUT2D eigenvalue weighted by atomic mass is 32.1. The molecule has 17 heavy (non-hydrogen) atoms. The second-order valence-electron chi connectivity index (χ2n) is 4.47. The lowest BCUT2D eigenvalue weighted by atomic mass is 10.1. The highest BCUT2D eigenvalue weighted by Gasteiger charge is 2.16. The maximum atomic E-state index is 5.61. The lowest BCUT2D eigenvalue weighted by molar-refractivity contribution is 0.104. The van der Waals surface area contributed by atoms with Crippen LogP contribution in [0.3, 0.4) is 0 Å². The number of nitrogens with one attached hydrogen (secondary N) is 1. The summed E-state index contributed by atoms with van der Waals surface area (Å²) in [5, 5.41) is 14.0. The van der Waals surface area contributed by atoms with Crippen LogP contribution in [-0.4, -0.2) is 36.5 Å². The highest BCUT2D eigenvalue weighted by molar-refractivity contribution is 7.11. The van der Waals surface area contributed by atoms with Crippen molar-refractivity contribution in [1.29, 1.82) is 0 Å². The van der Waals surface area contributed by atoms with Crippen molar-refractivity contribution >= 4 is 11.3 Å². The molecule has 1 N–H and O–H groups in total. The average Bonchev–Trinajstić information content (AvgIpc) is 2.98. The molecule has 1 saturated heterocycles. The summed E-state index contributed by atoms with van der Waals surface area (Å²) in [5.41, 5.74) is 0. The van der Waals surface area contributed by atoms with Gasteiger partial charge in [0, 0.05) is 19.4 Å². The van der Waals surface area contributed by atoms with E-state index in [0.29, 0.717) is 6.10 Å². The quantitative estimate of drug-likeness (QED) is 0.755. The molecule has 1 aromatic rings. The predicted octanol–water partition coefficient (Wildman–Crippen LogP) is 1.80. The largest absolute Gasteiger partial charge is 0.378 e. The third-order valence-electron chi connectivity index (χ3n) is 3.03. The van der Waals surface area contributed by atoms with Gasteiger partial charge in [-0.3, -0.25) is 0 Å². The second kappa shape index (κ2) is 7.03. The molecule has 96 valence electrons. The molecule has 4 nitrogen and oxygen atoms in total. The topological polar surface area (TPSA) is 47.0 Å². The molecular weight excluding hydrogens is 234 g/mol. The summed E-state index contributed by atoms with van der Waals surface area (Å²) in [6.07, 6.45) is 7.20. The Morgan fingerprint density at radius 2 is 2.18 bits per heavy atom. The van der Waals surface area contributed by atoms with Gasteiger partial charge in [0.05, 0.1) is 6.10 Å². The van der Waals surface area contributed by atoms with Crippen molar-refractivity contribution in [3.8, 4) is 0 Å². The summed E-state index contributed by atoms with van der Waals surface area (Å²) in [4.78, 5) is 0. The molecule has 1 atom stereocenters. The molecule has 0 radical (unpaired) electrons. The third-order valence-corrected chi connectivity index (χ3v) is 4.07. The third kappa shape index (κ3) is 4.33. The molecule has 0 spiro atoms. The number of nitrogens with zero attached hydrogens (tertiary/aromatic N) is 2. The molecule has 1 aliphatic heterocycles. The first-order valence-corrected chi connectivity index (χ1v) is 7.27. The van der Waals surface area contributed by atoms with Crippen LogP contribution in [0.5, 0.6) is 0 Å². The number of aryl methyl sites for hydroxylation is 2. The van der Waals surface area contributed by atoms with Crippen molar-refractivity contribution in [2.24, 2.45) is 0 Å². The molecule has 2 heterocycles. The van der Waals surface area contributed by atoms with Crippen molar-refractivity contribution in [1.82, 2.24) is 15.5 Å². The van der Waals surface area contributed by atoms with Crippen molar-refractivity contribution in [3.05, 3.63) is 10.0 Å². The Morgan fingerprint density at radius 1 is 1.35 bits per heavy atom. The summed E-state index contributed by atoms with van der Waals surface area (Å²) in [6, 6.07) is 0. The van der Waals surface area contributed by atoms with Gasteiger partial charge in [0.1, 0.15) is 10.0 Å². The van der Waals surface area contributed by atoms with E-state index in [-0.39, 0.29) is 0 Å². The summed E-state index contributed by atoms with van der Waals surface area (Å²) >= 11 is 1.76. The Balaban J connectivity index is 1.69. The van der Waals surface area contributed by atoms with E-state index < -0.39 is 0 Å². The lowest BCUT2D eigenvalue weighted by Crippen LogP contribution is -2.08. The zero-order valence-electron chi connectivity index (χ0n) is 10.4. The van der Waals surface area contributed by atoms with Crippen molar-refractivity contribution in [3.63, 3.8) is 0 Å². The van der Waals surface area contributed by atoms with E-state index in [1.807, 2.05) is 7.05 Å². The van der Waals surface area contributed by atoms with Gasteiger partial charge >= 0.3 is 0 Å². The molecule has 1 unspecified atom stereocenters. The molecule has 0 aliphatic carbocycles. The van der Waals surface area contributed by atoms with Crippen LogP contribution < -0.4 is 5.32 Å². The number of rotatable bonds is 7. The SMILES string of the molecule is CNCCCc1nnc(CCC2CCCO2)s1. The predicted molar refractivity (Wildman–Crippen MR) is 69.5 cm³/mol. The van der Waals surface area contributed by atoms with E-state index in [1.54, 1.807) is 11.3 Å². The van der Waals surface area contributed by atoms with Crippen LogP contribution in [0.25, 0.3) is 0 Å². The molecule has 0 aromatic carbocycles. The minimum Gasteiger partial charge on any atom is -0.378 e. The van der Waals surface area contributed by atoms with E-state index in [2.05, 4.69) is 15.5 Å². The highest BCUT2D eigenvalue weighted by Crippen LogP contribution is 2.19. The zero-order valence-corrected chi connectivity index (χ0v) is 11.3. The average molecular weight is 255 g/mol. The first-order chi connectivity index (χ1) is 8.38. The zero-order chi connectivity index (χ0) is 11.9. The first-order valence-electron chi connectivity index (χ1n) is 6.46. The molecular formula is C12H21N3OS. The molecule has 1 aromatic heterocycles. The fourth-order valence-corrected chi connectivity index (χ4v) is 2.96. The normalized spacial score (nSPS) is 19.9. The minimum absolute atomic E-state index is 0.464. The Bertz CT molecular complexity index is 323. The van der Waals surface area contributed by atoms with Crippen molar-refractivity contribution in [2.45, 2.75) is 44.6 Å². The van der Waals surface area contributed by atoms with Gasteiger partial charge in [0.25, 0.3) is 0 Å². The standard InChI is InChI=1S/C12H21N3OS/c1-13-8-2-5-11-14-15-12(17-11)7-6-10-4-3-9-16-10/h10,13H,2-9H2,1H3. The lowest BCUT2D eigenvalue weighted by Gasteiger charge is -2.06. The van der Waals surface area contributed by atoms with Crippen LogP contribution in [0, 0.1) is 0 Å². The Hall–Kier alpha value is -0.520. The van der Waals surface area contributed by atoms with E-state index in [0.717, 1.165) is 38.8 Å². The number of ether oxygens (including phenoxy) is 1.